The summed E-state index contributed by atoms with van der Waals surface area (Å²) in [6.07, 6.45) is 0.551. The van der Waals surface area contributed by atoms with Crippen LogP contribution >= 0.6 is 11.8 Å². The number of hydrogen-bond acceptors (Lipinski definition) is 6. The van der Waals surface area contributed by atoms with E-state index in [0.717, 1.165) is 0 Å². The quantitative estimate of drug-likeness (QED) is 0.662. The number of phenolic OH excluding ortho intramolecular Hbond substituents is 1. The summed E-state index contributed by atoms with van der Waals surface area (Å²) >= 11 is 1.33. The highest BCUT2D eigenvalue weighted by Crippen LogP contribution is 2.40. The van der Waals surface area contributed by atoms with Crippen molar-refractivity contribution in [2.75, 3.05) is 12.4 Å². The Morgan fingerprint density at radius 1 is 1.45 bits per heavy atom. The molecule has 0 aromatic heterocycles. The molecule has 0 bridgehead atoms. The van der Waals surface area contributed by atoms with Crippen LogP contribution in [0.25, 0.3) is 0 Å². The SMILES string of the molecule is CCOC(=O)CCSc1cc2c(cc1O)C(=O)CC(C)(C)O2. The number of ketones is 1. The summed E-state index contributed by atoms with van der Waals surface area (Å²) in [5, 5.41) is 10.0. The van der Waals surface area contributed by atoms with Gasteiger partial charge in [0.25, 0.3) is 0 Å². The Bertz CT molecular complexity index is 594. The van der Waals surface area contributed by atoms with Crippen LogP contribution in [0.15, 0.2) is 17.0 Å². The van der Waals surface area contributed by atoms with Gasteiger partial charge in [0.2, 0.25) is 0 Å². The molecule has 0 saturated carbocycles. The summed E-state index contributed by atoms with van der Waals surface area (Å²) in [5.74, 6) is 0.703. The van der Waals surface area contributed by atoms with Crippen molar-refractivity contribution in [3.05, 3.63) is 17.7 Å². The molecule has 0 unspecified atom stereocenters. The van der Waals surface area contributed by atoms with Crippen molar-refractivity contribution in [1.29, 1.82) is 0 Å². The number of carbonyl (C=O) groups excluding carboxylic acids is 2. The molecule has 0 spiro atoms. The second-order valence-corrected chi connectivity index (χ2v) is 6.82. The Kier molecular flexibility index (Phi) is 5.01. The fourth-order valence-electron chi connectivity index (χ4n) is 2.26. The standard InChI is InChI=1S/C16H20O5S/c1-4-20-15(19)5-6-22-14-8-13-10(7-11(14)17)12(18)9-16(2,3)21-13/h7-8,17H,4-6,9H2,1-3H3. The number of rotatable bonds is 5. The summed E-state index contributed by atoms with van der Waals surface area (Å²) in [6.45, 7) is 5.83. The van der Waals surface area contributed by atoms with Crippen molar-refractivity contribution in [3.63, 3.8) is 0 Å². The second-order valence-electron chi connectivity index (χ2n) is 5.68. The number of phenols is 1. The van der Waals surface area contributed by atoms with Crippen molar-refractivity contribution < 1.29 is 24.2 Å². The van der Waals surface area contributed by atoms with Crippen molar-refractivity contribution in [2.24, 2.45) is 0 Å². The number of carbonyl (C=O) groups is 2. The van der Waals surface area contributed by atoms with E-state index >= 15 is 0 Å². The summed E-state index contributed by atoms with van der Waals surface area (Å²) in [7, 11) is 0. The number of aromatic hydroxyl groups is 1. The van der Waals surface area contributed by atoms with Crippen LogP contribution in [-0.2, 0) is 9.53 Å². The number of hydrogen-bond donors (Lipinski definition) is 1. The summed E-state index contributed by atoms with van der Waals surface area (Å²) in [4.78, 5) is 24.0. The highest BCUT2D eigenvalue weighted by atomic mass is 32.2. The third-order valence-corrected chi connectivity index (χ3v) is 4.25. The Hall–Kier alpha value is -1.69. The molecule has 0 amide bonds. The van der Waals surface area contributed by atoms with Crippen molar-refractivity contribution in [1.82, 2.24) is 0 Å². The van der Waals surface area contributed by atoms with Gasteiger partial charge in [-0.25, -0.2) is 0 Å². The molecular weight excluding hydrogens is 304 g/mol. The molecule has 1 heterocycles. The van der Waals surface area contributed by atoms with Crippen LogP contribution in [0.1, 0.15) is 44.0 Å². The van der Waals surface area contributed by atoms with E-state index in [4.69, 9.17) is 9.47 Å². The van der Waals surface area contributed by atoms with Gasteiger partial charge in [-0.3, -0.25) is 9.59 Å². The molecule has 0 atom stereocenters. The van der Waals surface area contributed by atoms with Crippen molar-refractivity contribution >= 4 is 23.5 Å². The lowest BCUT2D eigenvalue weighted by Crippen LogP contribution is -2.35. The lowest BCUT2D eigenvalue weighted by Gasteiger charge is -2.31. The topological polar surface area (TPSA) is 72.8 Å². The average Bonchev–Trinajstić information content (AvgIpc) is 2.40. The number of esters is 1. The predicted molar refractivity (Wildman–Crippen MR) is 83.7 cm³/mol. The molecular formula is C16H20O5S. The first-order valence-corrected chi connectivity index (χ1v) is 8.18. The monoisotopic (exact) mass is 324 g/mol. The minimum Gasteiger partial charge on any atom is -0.507 e. The van der Waals surface area contributed by atoms with Crippen LogP contribution in [0.4, 0.5) is 0 Å². The van der Waals surface area contributed by atoms with E-state index in [2.05, 4.69) is 0 Å². The maximum absolute atomic E-state index is 12.1. The molecule has 22 heavy (non-hydrogen) atoms. The maximum atomic E-state index is 12.1. The van der Waals surface area contributed by atoms with Gasteiger partial charge in [0, 0.05) is 5.75 Å². The Morgan fingerprint density at radius 2 is 2.18 bits per heavy atom. The number of ether oxygens (including phenoxy) is 2. The van der Waals surface area contributed by atoms with Gasteiger partial charge < -0.3 is 14.6 Å². The van der Waals surface area contributed by atoms with Crippen molar-refractivity contribution in [3.8, 4) is 11.5 Å². The molecule has 0 aliphatic carbocycles. The van der Waals surface area contributed by atoms with E-state index in [0.29, 0.717) is 28.6 Å². The highest BCUT2D eigenvalue weighted by Gasteiger charge is 2.33. The summed E-state index contributed by atoms with van der Waals surface area (Å²) in [5.41, 5.74) is -0.139. The van der Waals surface area contributed by atoms with Gasteiger partial charge in [0.05, 0.1) is 29.9 Å². The number of thioether (sulfide) groups is 1. The molecule has 1 aliphatic rings. The third-order valence-electron chi connectivity index (χ3n) is 3.20. The molecule has 120 valence electrons. The van der Waals surface area contributed by atoms with Gasteiger partial charge in [-0.2, -0.15) is 0 Å². The minimum absolute atomic E-state index is 0.0317. The maximum Gasteiger partial charge on any atom is 0.306 e. The zero-order valence-corrected chi connectivity index (χ0v) is 13.8. The molecule has 1 aliphatic heterocycles. The summed E-state index contributed by atoms with van der Waals surface area (Å²) in [6, 6.07) is 3.11. The largest absolute Gasteiger partial charge is 0.507 e. The number of fused-ring (bicyclic) bond motifs is 1. The molecule has 1 N–H and O–H groups in total. The third kappa shape index (κ3) is 3.94. The van der Waals surface area contributed by atoms with Crippen molar-refractivity contribution in [2.45, 2.75) is 44.1 Å². The lowest BCUT2D eigenvalue weighted by atomic mass is 9.93. The van der Waals surface area contributed by atoms with Crippen LogP contribution in [0.3, 0.4) is 0 Å². The molecule has 0 radical (unpaired) electrons. The van der Waals surface area contributed by atoms with Crippen LogP contribution in [-0.4, -0.2) is 34.8 Å². The Balaban J connectivity index is 2.11. The first kappa shape index (κ1) is 16.7. The molecule has 0 fully saturated rings. The van der Waals surface area contributed by atoms with E-state index in [9.17, 15) is 14.7 Å². The van der Waals surface area contributed by atoms with Gasteiger partial charge in [0.1, 0.15) is 17.1 Å². The van der Waals surface area contributed by atoms with E-state index in [1.807, 2.05) is 13.8 Å². The van der Waals surface area contributed by atoms with Crippen LogP contribution in [0.5, 0.6) is 11.5 Å². The number of Topliss-reactive ketones (excluding diaryl/α,β-unsaturated/α-hetero) is 1. The minimum atomic E-state index is -0.548. The molecule has 5 nitrogen and oxygen atoms in total. The second kappa shape index (κ2) is 6.60. The average molecular weight is 324 g/mol. The normalized spacial score (nSPS) is 15.9. The van der Waals surface area contributed by atoms with Crippen LogP contribution < -0.4 is 4.74 Å². The fraction of sp³-hybridized carbons (Fsp3) is 0.500. The van der Waals surface area contributed by atoms with Crippen LogP contribution in [0.2, 0.25) is 0 Å². The lowest BCUT2D eigenvalue weighted by molar-refractivity contribution is -0.142. The molecule has 0 saturated heterocycles. The van der Waals surface area contributed by atoms with E-state index < -0.39 is 5.60 Å². The van der Waals surface area contributed by atoms with Gasteiger partial charge in [-0.1, -0.05) is 0 Å². The van der Waals surface area contributed by atoms with E-state index in [-0.39, 0.29) is 30.3 Å². The van der Waals surface area contributed by atoms with Gasteiger partial charge in [0.15, 0.2) is 5.78 Å². The molecule has 6 heteroatoms. The van der Waals surface area contributed by atoms with E-state index in [1.165, 1.54) is 17.8 Å². The fourth-order valence-corrected chi connectivity index (χ4v) is 3.15. The predicted octanol–water partition coefficient (Wildman–Crippen LogP) is 3.18. The molecule has 1 aromatic rings. The molecule has 2 rings (SSSR count). The first-order chi connectivity index (χ1) is 10.3. The van der Waals surface area contributed by atoms with Gasteiger partial charge in [-0.15, -0.1) is 11.8 Å². The Labute approximate surface area is 134 Å². The smallest absolute Gasteiger partial charge is 0.306 e. The zero-order valence-electron chi connectivity index (χ0n) is 13.0. The highest BCUT2D eigenvalue weighted by molar-refractivity contribution is 7.99. The number of benzene rings is 1. The van der Waals surface area contributed by atoms with Crippen LogP contribution in [0, 0.1) is 0 Å². The first-order valence-electron chi connectivity index (χ1n) is 7.20. The van der Waals surface area contributed by atoms with E-state index in [1.54, 1.807) is 13.0 Å². The molecule has 1 aromatic carbocycles. The zero-order chi connectivity index (χ0) is 16.3. The summed E-state index contributed by atoms with van der Waals surface area (Å²) < 4.78 is 10.7. The Morgan fingerprint density at radius 3 is 2.86 bits per heavy atom. The van der Waals surface area contributed by atoms with Gasteiger partial charge >= 0.3 is 5.97 Å². The van der Waals surface area contributed by atoms with Gasteiger partial charge in [-0.05, 0) is 32.9 Å².